The summed E-state index contributed by atoms with van der Waals surface area (Å²) in [6.45, 7) is 1.56. The van der Waals surface area contributed by atoms with Crippen LogP contribution in [0, 0.1) is 18.3 Å². The number of nitrogens with one attached hydrogen (secondary N) is 1. The lowest BCUT2D eigenvalue weighted by Crippen LogP contribution is -2.33. The number of hydrogen-bond donors (Lipinski definition) is 1. The molecule has 0 atom stereocenters. The van der Waals surface area contributed by atoms with Crippen LogP contribution in [0.25, 0.3) is 11.3 Å². The van der Waals surface area contributed by atoms with Crippen molar-refractivity contribution in [3.63, 3.8) is 0 Å². The molecule has 0 saturated carbocycles. The highest BCUT2D eigenvalue weighted by molar-refractivity contribution is 5.81. The molecular formula is C22H20N4O4. The average molecular weight is 404 g/mol. The first-order valence-corrected chi connectivity index (χ1v) is 9.13. The van der Waals surface area contributed by atoms with Crippen molar-refractivity contribution in [2.24, 2.45) is 5.10 Å². The van der Waals surface area contributed by atoms with Gasteiger partial charge in [0.2, 0.25) is 0 Å². The summed E-state index contributed by atoms with van der Waals surface area (Å²) in [5.74, 6) is 0.651. The van der Waals surface area contributed by atoms with Gasteiger partial charge in [-0.1, -0.05) is 30.3 Å². The van der Waals surface area contributed by atoms with Crippen LogP contribution in [0.5, 0.6) is 0 Å². The number of hydrazone groups is 1. The van der Waals surface area contributed by atoms with Crippen molar-refractivity contribution in [3.8, 4) is 17.4 Å². The Bertz CT molecular complexity index is 1170. The van der Waals surface area contributed by atoms with Crippen LogP contribution in [-0.2, 0) is 22.7 Å². The number of nitrogens with zero attached hydrogens (tertiary/aromatic N) is 3. The second kappa shape index (κ2) is 9.49. The molecule has 0 bridgehead atoms. The molecule has 30 heavy (non-hydrogen) atoms. The van der Waals surface area contributed by atoms with Gasteiger partial charge >= 0.3 is 0 Å². The number of benzene rings is 1. The van der Waals surface area contributed by atoms with Gasteiger partial charge in [-0.2, -0.15) is 10.4 Å². The smallest absolute Gasteiger partial charge is 0.269 e. The molecule has 2 aromatic heterocycles. The maximum atomic E-state index is 12.5. The summed E-state index contributed by atoms with van der Waals surface area (Å²) in [5.41, 5.74) is 3.75. The predicted octanol–water partition coefficient (Wildman–Crippen LogP) is 2.59. The van der Waals surface area contributed by atoms with E-state index < -0.39 is 11.5 Å². The zero-order chi connectivity index (χ0) is 21.5. The van der Waals surface area contributed by atoms with Crippen LogP contribution >= 0.6 is 0 Å². The number of furan rings is 1. The molecule has 0 radical (unpaired) electrons. The average Bonchev–Trinajstić information content (AvgIpc) is 3.21. The van der Waals surface area contributed by atoms with Gasteiger partial charge in [-0.05, 0) is 25.1 Å². The minimum Gasteiger partial charge on any atom is -0.455 e. The third-order valence-corrected chi connectivity index (χ3v) is 4.37. The van der Waals surface area contributed by atoms with Gasteiger partial charge in [-0.3, -0.25) is 9.59 Å². The van der Waals surface area contributed by atoms with Crippen LogP contribution < -0.4 is 11.0 Å². The monoisotopic (exact) mass is 404 g/mol. The van der Waals surface area contributed by atoms with Crippen molar-refractivity contribution in [3.05, 3.63) is 81.5 Å². The zero-order valence-electron chi connectivity index (χ0n) is 16.6. The summed E-state index contributed by atoms with van der Waals surface area (Å²) in [6, 6.07) is 16.7. The fraction of sp³-hybridized carbons (Fsp3) is 0.182. The van der Waals surface area contributed by atoms with Crippen molar-refractivity contribution in [2.45, 2.75) is 20.1 Å². The zero-order valence-corrected chi connectivity index (χ0v) is 16.6. The maximum Gasteiger partial charge on any atom is 0.269 e. The van der Waals surface area contributed by atoms with Crippen LogP contribution in [0.2, 0.25) is 0 Å². The summed E-state index contributed by atoms with van der Waals surface area (Å²) < 4.78 is 11.9. The molecular weight excluding hydrogens is 384 g/mol. The molecule has 0 aliphatic carbocycles. The van der Waals surface area contributed by atoms with E-state index in [0.29, 0.717) is 22.8 Å². The number of ether oxygens (including phenoxy) is 1. The van der Waals surface area contributed by atoms with Crippen molar-refractivity contribution in [1.29, 1.82) is 5.26 Å². The Morgan fingerprint density at radius 2 is 2.07 bits per heavy atom. The summed E-state index contributed by atoms with van der Waals surface area (Å²) >= 11 is 0. The second-order valence-corrected chi connectivity index (χ2v) is 6.48. The largest absolute Gasteiger partial charge is 0.455 e. The standard InChI is InChI=1S/C22H20N4O4/c1-15-10-17(14-29-2)19(11-23)22(28)26(15)13-21(27)25-24-12-18-8-9-20(30-18)16-6-4-3-5-7-16/h3-10,12H,13-14H2,1-2H3,(H,25,27)/b24-12+. The van der Waals surface area contributed by atoms with E-state index >= 15 is 0 Å². The molecule has 0 aliphatic rings. The minimum atomic E-state index is -0.540. The predicted molar refractivity (Wildman–Crippen MR) is 111 cm³/mol. The normalized spacial score (nSPS) is 10.8. The number of aryl methyl sites for hydroxylation is 1. The molecule has 1 aromatic carbocycles. The van der Waals surface area contributed by atoms with Crippen LogP contribution in [0.4, 0.5) is 0 Å². The lowest BCUT2D eigenvalue weighted by molar-refractivity contribution is -0.121. The van der Waals surface area contributed by atoms with Crippen LogP contribution in [0.15, 0.2) is 62.8 Å². The van der Waals surface area contributed by atoms with E-state index in [2.05, 4.69) is 10.5 Å². The lowest BCUT2D eigenvalue weighted by atomic mass is 10.1. The lowest BCUT2D eigenvalue weighted by Gasteiger charge is -2.12. The first-order chi connectivity index (χ1) is 14.5. The van der Waals surface area contributed by atoms with Crippen LogP contribution in [-0.4, -0.2) is 23.8 Å². The quantitative estimate of drug-likeness (QED) is 0.481. The van der Waals surface area contributed by atoms with E-state index in [-0.39, 0.29) is 18.7 Å². The Kier molecular flexibility index (Phi) is 6.57. The summed E-state index contributed by atoms with van der Waals surface area (Å²) in [4.78, 5) is 24.8. The number of carbonyl (C=O) groups is 1. The first-order valence-electron chi connectivity index (χ1n) is 9.13. The molecule has 3 aromatic rings. The number of nitriles is 1. The highest BCUT2D eigenvalue weighted by Gasteiger charge is 2.14. The molecule has 0 aliphatic heterocycles. The van der Waals surface area contributed by atoms with E-state index in [9.17, 15) is 14.9 Å². The Morgan fingerprint density at radius 3 is 2.77 bits per heavy atom. The number of methoxy groups -OCH3 is 1. The summed E-state index contributed by atoms with van der Waals surface area (Å²) in [5, 5.41) is 13.1. The van der Waals surface area contributed by atoms with Crippen molar-refractivity contribution in [1.82, 2.24) is 9.99 Å². The highest BCUT2D eigenvalue weighted by Crippen LogP contribution is 2.20. The summed E-state index contributed by atoms with van der Waals surface area (Å²) in [6.07, 6.45) is 1.38. The second-order valence-electron chi connectivity index (χ2n) is 6.48. The first kappa shape index (κ1) is 20.8. The van der Waals surface area contributed by atoms with Crippen molar-refractivity contribution < 1.29 is 13.9 Å². The van der Waals surface area contributed by atoms with Gasteiger partial charge in [-0.25, -0.2) is 5.43 Å². The number of carbonyl (C=O) groups excluding carboxylic acids is 1. The van der Waals surface area contributed by atoms with Gasteiger partial charge in [0, 0.05) is 23.9 Å². The van der Waals surface area contributed by atoms with Crippen LogP contribution in [0.3, 0.4) is 0 Å². The minimum absolute atomic E-state index is 0.0391. The molecule has 0 fully saturated rings. The van der Waals surface area contributed by atoms with E-state index in [1.807, 2.05) is 42.5 Å². The molecule has 0 unspecified atom stereocenters. The van der Waals surface area contributed by atoms with E-state index in [1.54, 1.807) is 19.1 Å². The van der Waals surface area contributed by atoms with Gasteiger partial charge in [0.15, 0.2) is 0 Å². The number of amides is 1. The Balaban J connectivity index is 1.67. The van der Waals surface area contributed by atoms with Crippen molar-refractivity contribution >= 4 is 12.1 Å². The van der Waals surface area contributed by atoms with Gasteiger partial charge < -0.3 is 13.7 Å². The Labute approximate surface area is 173 Å². The van der Waals surface area contributed by atoms with Gasteiger partial charge in [0.25, 0.3) is 11.5 Å². The van der Waals surface area contributed by atoms with E-state index in [4.69, 9.17) is 9.15 Å². The third-order valence-electron chi connectivity index (χ3n) is 4.37. The van der Waals surface area contributed by atoms with Crippen molar-refractivity contribution in [2.75, 3.05) is 7.11 Å². The molecule has 1 N–H and O–H groups in total. The Hall–Kier alpha value is -3.96. The van der Waals surface area contributed by atoms with Gasteiger partial charge in [0.05, 0.1) is 12.8 Å². The molecule has 1 amide bonds. The fourth-order valence-corrected chi connectivity index (χ4v) is 2.95. The summed E-state index contributed by atoms with van der Waals surface area (Å²) in [7, 11) is 1.48. The molecule has 152 valence electrons. The molecule has 0 spiro atoms. The van der Waals surface area contributed by atoms with Gasteiger partial charge in [-0.15, -0.1) is 0 Å². The van der Waals surface area contributed by atoms with E-state index in [1.165, 1.54) is 17.9 Å². The SMILES string of the molecule is COCc1cc(C)n(CC(=O)N/N=C/c2ccc(-c3ccccc3)o2)c(=O)c1C#N. The number of rotatable bonds is 7. The number of aromatic nitrogens is 1. The molecule has 0 saturated heterocycles. The van der Waals surface area contributed by atoms with Crippen LogP contribution in [0.1, 0.15) is 22.6 Å². The molecule has 8 nitrogen and oxygen atoms in total. The topological polar surface area (TPSA) is 110 Å². The molecule has 3 rings (SSSR count). The fourth-order valence-electron chi connectivity index (χ4n) is 2.95. The Morgan fingerprint density at radius 1 is 1.30 bits per heavy atom. The van der Waals surface area contributed by atoms with E-state index in [0.717, 1.165) is 5.56 Å². The third kappa shape index (κ3) is 4.71. The number of hydrogen-bond acceptors (Lipinski definition) is 6. The highest BCUT2D eigenvalue weighted by atomic mass is 16.5. The molecule has 8 heteroatoms. The van der Waals surface area contributed by atoms with Gasteiger partial charge in [0.1, 0.15) is 29.7 Å². The maximum absolute atomic E-state index is 12.5. The number of pyridine rings is 1. The molecule has 2 heterocycles.